The van der Waals surface area contributed by atoms with E-state index in [2.05, 4.69) is 22.9 Å². The third-order valence-corrected chi connectivity index (χ3v) is 3.74. The van der Waals surface area contributed by atoms with Gasteiger partial charge in [0, 0.05) is 24.3 Å². The summed E-state index contributed by atoms with van der Waals surface area (Å²) in [5.74, 6) is 0. The summed E-state index contributed by atoms with van der Waals surface area (Å²) in [7, 11) is 0. The average Bonchev–Trinajstić information content (AvgIpc) is 2.42. The maximum Gasteiger partial charge on any atom is 0.144 e. The number of hydrogen-bond acceptors (Lipinski definition) is 3. The highest BCUT2D eigenvalue weighted by molar-refractivity contribution is 5.30. The first-order valence-electron chi connectivity index (χ1n) is 6.93. The molecule has 1 unspecified atom stereocenters. The van der Waals surface area contributed by atoms with Gasteiger partial charge in [-0.1, -0.05) is 25.8 Å². The second-order valence-electron chi connectivity index (χ2n) is 5.03. The van der Waals surface area contributed by atoms with E-state index in [0.717, 1.165) is 18.7 Å². The third-order valence-electron chi connectivity index (χ3n) is 3.74. The van der Waals surface area contributed by atoms with E-state index in [1.807, 2.05) is 12.1 Å². The van der Waals surface area contributed by atoms with Crippen LogP contribution in [-0.4, -0.2) is 22.5 Å². The Balaban J connectivity index is 2.09. The molecule has 3 nitrogen and oxygen atoms in total. The molecule has 1 aliphatic rings. The standard InChI is InChI=1S/C15H21N3/c1-2-6-14-8-3-4-10-18(14)12-13-7-5-9-17-15(13)11-16/h5,7,9,14H,2-4,6,8,10,12H2,1H3. The highest BCUT2D eigenvalue weighted by atomic mass is 15.2. The highest BCUT2D eigenvalue weighted by Crippen LogP contribution is 2.23. The topological polar surface area (TPSA) is 39.9 Å². The molecule has 0 bridgehead atoms. The van der Waals surface area contributed by atoms with Gasteiger partial charge in [0.25, 0.3) is 0 Å². The number of piperidine rings is 1. The molecule has 2 rings (SSSR count). The van der Waals surface area contributed by atoms with Crippen molar-refractivity contribution in [2.24, 2.45) is 0 Å². The van der Waals surface area contributed by atoms with Crippen LogP contribution in [0, 0.1) is 11.3 Å². The molecule has 3 heteroatoms. The van der Waals surface area contributed by atoms with Crippen LogP contribution in [0.3, 0.4) is 0 Å². The summed E-state index contributed by atoms with van der Waals surface area (Å²) >= 11 is 0. The molecule has 0 N–H and O–H groups in total. The molecule has 0 amide bonds. The van der Waals surface area contributed by atoms with Gasteiger partial charge in [-0.3, -0.25) is 4.90 Å². The number of rotatable bonds is 4. The summed E-state index contributed by atoms with van der Waals surface area (Å²) in [5.41, 5.74) is 1.65. The molecule has 0 spiro atoms. The largest absolute Gasteiger partial charge is 0.296 e. The van der Waals surface area contributed by atoms with Crippen LogP contribution < -0.4 is 0 Å². The van der Waals surface area contributed by atoms with Crippen LogP contribution in [0.15, 0.2) is 18.3 Å². The smallest absolute Gasteiger partial charge is 0.144 e. The zero-order valence-corrected chi connectivity index (χ0v) is 11.1. The Morgan fingerprint density at radius 2 is 2.39 bits per heavy atom. The summed E-state index contributed by atoms with van der Waals surface area (Å²) in [6.07, 6.45) is 8.13. The normalized spacial score (nSPS) is 20.6. The fourth-order valence-corrected chi connectivity index (χ4v) is 2.81. The fourth-order valence-electron chi connectivity index (χ4n) is 2.81. The molecule has 1 saturated heterocycles. The van der Waals surface area contributed by atoms with Crippen molar-refractivity contribution in [3.05, 3.63) is 29.6 Å². The first-order chi connectivity index (χ1) is 8.85. The first kappa shape index (κ1) is 13.0. The van der Waals surface area contributed by atoms with Crippen molar-refractivity contribution in [3.8, 4) is 6.07 Å². The second kappa shape index (κ2) is 6.51. The monoisotopic (exact) mass is 243 g/mol. The summed E-state index contributed by atoms with van der Waals surface area (Å²) in [4.78, 5) is 6.68. The van der Waals surface area contributed by atoms with Crippen molar-refractivity contribution in [2.45, 2.75) is 51.6 Å². The number of nitrogens with zero attached hydrogens (tertiary/aromatic N) is 3. The van der Waals surface area contributed by atoms with E-state index in [1.165, 1.54) is 32.1 Å². The zero-order valence-electron chi connectivity index (χ0n) is 11.1. The SMILES string of the molecule is CCCC1CCCCN1Cc1cccnc1C#N. The van der Waals surface area contributed by atoms with E-state index in [1.54, 1.807) is 6.20 Å². The van der Waals surface area contributed by atoms with Crippen LogP contribution in [0.1, 0.15) is 50.3 Å². The molecule has 0 radical (unpaired) electrons. The van der Waals surface area contributed by atoms with Gasteiger partial charge in [0.2, 0.25) is 0 Å². The van der Waals surface area contributed by atoms with Gasteiger partial charge in [-0.05, 0) is 31.9 Å². The zero-order chi connectivity index (χ0) is 12.8. The van der Waals surface area contributed by atoms with Crippen molar-refractivity contribution < 1.29 is 0 Å². The molecule has 1 aliphatic heterocycles. The third kappa shape index (κ3) is 3.08. The molecule has 2 heterocycles. The molecule has 18 heavy (non-hydrogen) atoms. The van der Waals surface area contributed by atoms with Gasteiger partial charge in [-0.15, -0.1) is 0 Å². The molecule has 0 aromatic carbocycles. The molecular formula is C15H21N3. The van der Waals surface area contributed by atoms with E-state index in [9.17, 15) is 0 Å². The van der Waals surface area contributed by atoms with Gasteiger partial charge in [0.15, 0.2) is 0 Å². The number of pyridine rings is 1. The van der Waals surface area contributed by atoms with Crippen molar-refractivity contribution in [3.63, 3.8) is 0 Å². The summed E-state index contributed by atoms with van der Waals surface area (Å²) < 4.78 is 0. The van der Waals surface area contributed by atoms with Crippen LogP contribution in [-0.2, 0) is 6.54 Å². The van der Waals surface area contributed by atoms with Gasteiger partial charge >= 0.3 is 0 Å². The van der Waals surface area contributed by atoms with E-state index in [4.69, 9.17) is 5.26 Å². The predicted molar refractivity (Wildman–Crippen MR) is 71.9 cm³/mol. The predicted octanol–water partition coefficient (Wildman–Crippen LogP) is 3.11. The Morgan fingerprint density at radius 1 is 1.50 bits per heavy atom. The molecule has 96 valence electrons. The lowest BCUT2D eigenvalue weighted by molar-refractivity contribution is 0.131. The first-order valence-corrected chi connectivity index (χ1v) is 6.93. The minimum atomic E-state index is 0.582. The maximum atomic E-state index is 9.09. The van der Waals surface area contributed by atoms with Gasteiger partial charge in [-0.2, -0.15) is 5.26 Å². The average molecular weight is 243 g/mol. The second-order valence-corrected chi connectivity index (χ2v) is 5.03. The molecule has 0 saturated carbocycles. The molecular weight excluding hydrogens is 222 g/mol. The number of nitriles is 1. The van der Waals surface area contributed by atoms with Crippen LogP contribution in [0.5, 0.6) is 0 Å². The molecule has 1 fully saturated rings. The minimum absolute atomic E-state index is 0.582. The van der Waals surface area contributed by atoms with Crippen molar-refractivity contribution in [1.29, 1.82) is 5.26 Å². The molecule has 1 aromatic rings. The van der Waals surface area contributed by atoms with Crippen molar-refractivity contribution >= 4 is 0 Å². The van der Waals surface area contributed by atoms with Gasteiger partial charge in [0.1, 0.15) is 11.8 Å². The number of aromatic nitrogens is 1. The number of hydrogen-bond donors (Lipinski definition) is 0. The van der Waals surface area contributed by atoms with Gasteiger partial charge in [0.05, 0.1) is 0 Å². The lowest BCUT2D eigenvalue weighted by Crippen LogP contribution is -2.39. The Kier molecular flexibility index (Phi) is 4.72. The van der Waals surface area contributed by atoms with Crippen LogP contribution in [0.25, 0.3) is 0 Å². The molecule has 1 aromatic heterocycles. The Morgan fingerprint density at radius 3 is 3.17 bits per heavy atom. The summed E-state index contributed by atoms with van der Waals surface area (Å²) in [6, 6.07) is 6.84. The van der Waals surface area contributed by atoms with E-state index >= 15 is 0 Å². The van der Waals surface area contributed by atoms with Crippen LogP contribution in [0.4, 0.5) is 0 Å². The lowest BCUT2D eigenvalue weighted by Gasteiger charge is -2.35. The van der Waals surface area contributed by atoms with E-state index in [-0.39, 0.29) is 0 Å². The quantitative estimate of drug-likeness (QED) is 0.815. The molecule has 0 aliphatic carbocycles. The Bertz CT molecular complexity index is 420. The summed E-state index contributed by atoms with van der Waals surface area (Å²) in [6.45, 7) is 4.28. The van der Waals surface area contributed by atoms with E-state index in [0.29, 0.717) is 11.7 Å². The van der Waals surface area contributed by atoms with E-state index < -0.39 is 0 Å². The fraction of sp³-hybridized carbons (Fsp3) is 0.600. The van der Waals surface area contributed by atoms with Crippen LogP contribution >= 0.6 is 0 Å². The Hall–Kier alpha value is -1.40. The van der Waals surface area contributed by atoms with Crippen molar-refractivity contribution in [1.82, 2.24) is 9.88 Å². The minimum Gasteiger partial charge on any atom is -0.296 e. The molecule has 1 atom stereocenters. The lowest BCUT2D eigenvalue weighted by atomic mass is 9.97. The van der Waals surface area contributed by atoms with Crippen LogP contribution in [0.2, 0.25) is 0 Å². The van der Waals surface area contributed by atoms with Crippen molar-refractivity contribution in [2.75, 3.05) is 6.54 Å². The highest BCUT2D eigenvalue weighted by Gasteiger charge is 2.22. The summed E-state index contributed by atoms with van der Waals surface area (Å²) in [5, 5.41) is 9.09. The maximum absolute atomic E-state index is 9.09. The van der Waals surface area contributed by atoms with Gasteiger partial charge in [-0.25, -0.2) is 4.98 Å². The Labute approximate surface area is 109 Å². The number of likely N-dealkylation sites (tertiary alicyclic amines) is 1. The van der Waals surface area contributed by atoms with Gasteiger partial charge < -0.3 is 0 Å².